The van der Waals surface area contributed by atoms with Gasteiger partial charge in [-0.05, 0) is 44.9 Å². The Morgan fingerprint density at radius 1 is 1.22 bits per heavy atom. The number of hydrogen-bond donors (Lipinski definition) is 0. The summed E-state index contributed by atoms with van der Waals surface area (Å²) in [6, 6.07) is 7.73. The van der Waals surface area contributed by atoms with Crippen LogP contribution in [0.15, 0.2) is 34.2 Å². The summed E-state index contributed by atoms with van der Waals surface area (Å²) in [5.74, 6) is -0.202. The SMILES string of the molecule is CCOC(=O)CSc1nc2sc(CC)c(C)c2c(=O)n1-c1ccc(C)cc1. The van der Waals surface area contributed by atoms with E-state index in [1.807, 2.05) is 38.1 Å². The molecule has 3 rings (SSSR count). The van der Waals surface area contributed by atoms with Gasteiger partial charge in [-0.25, -0.2) is 4.98 Å². The molecule has 0 aliphatic rings. The molecule has 0 aliphatic heterocycles. The Kier molecular flexibility index (Phi) is 6.01. The second kappa shape index (κ2) is 8.27. The zero-order chi connectivity index (χ0) is 19.6. The van der Waals surface area contributed by atoms with Gasteiger partial charge in [0, 0.05) is 4.88 Å². The number of ether oxygens (including phenoxy) is 1. The standard InChI is InChI=1S/C20H22N2O3S2/c1-5-15-13(4)17-18(27-15)21-20(26-11-16(23)25-6-2)22(19(17)24)14-9-7-12(3)8-10-14/h7-10H,5-6,11H2,1-4H3. The van der Waals surface area contributed by atoms with Crippen LogP contribution >= 0.6 is 23.1 Å². The zero-order valence-electron chi connectivity index (χ0n) is 15.9. The van der Waals surface area contributed by atoms with E-state index in [2.05, 4.69) is 6.92 Å². The molecule has 0 radical (unpaired) electrons. The van der Waals surface area contributed by atoms with E-state index >= 15 is 0 Å². The highest BCUT2D eigenvalue weighted by Gasteiger charge is 2.19. The lowest BCUT2D eigenvalue weighted by Crippen LogP contribution is -2.22. The van der Waals surface area contributed by atoms with Crippen LogP contribution in [0.3, 0.4) is 0 Å². The molecule has 5 nitrogen and oxygen atoms in total. The lowest BCUT2D eigenvalue weighted by atomic mass is 10.2. The normalized spacial score (nSPS) is 11.1. The summed E-state index contributed by atoms with van der Waals surface area (Å²) in [6.45, 7) is 8.16. The van der Waals surface area contributed by atoms with Gasteiger partial charge in [0.15, 0.2) is 5.16 Å². The number of aryl methyl sites for hydroxylation is 3. The Morgan fingerprint density at radius 2 is 1.93 bits per heavy atom. The van der Waals surface area contributed by atoms with Crippen molar-refractivity contribution in [2.24, 2.45) is 0 Å². The highest BCUT2D eigenvalue weighted by atomic mass is 32.2. The minimum atomic E-state index is -0.316. The molecule has 0 saturated heterocycles. The Balaban J connectivity index is 2.18. The predicted molar refractivity (Wildman–Crippen MR) is 111 cm³/mol. The molecule has 27 heavy (non-hydrogen) atoms. The number of fused-ring (bicyclic) bond motifs is 1. The first-order valence-corrected chi connectivity index (χ1v) is 10.7. The van der Waals surface area contributed by atoms with E-state index in [-0.39, 0.29) is 17.3 Å². The van der Waals surface area contributed by atoms with Crippen molar-refractivity contribution >= 4 is 39.3 Å². The van der Waals surface area contributed by atoms with Crippen molar-refractivity contribution in [3.05, 3.63) is 50.6 Å². The summed E-state index contributed by atoms with van der Waals surface area (Å²) in [4.78, 5) is 31.8. The van der Waals surface area contributed by atoms with Gasteiger partial charge in [0.25, 0.3) is 5.56 Å². The lowest BCUT2D eigenvalue weighted by Gasteiger charge is -2.12. The second-order valence-corrected chi connectivity index (χ2v) is 8.17. The first-order valence-electron chi connectivity index (χ1n) is 8.86. The maximum Gasteiger partial charge on any atom is 0.316 e. The summed E-state index contributed by atoms with van der Waals surface area (Å²) < 4.78 is 6.61. The van der Waals surface area contributed by atoms with Crippen LogP contribution in [0.2, 0.25) is 0 Å². The van der Waals surface area contributed by atoms with Gasteiger partial charge in [-0.1, -0.05) is 36.4 Å². The van der Waals surface area contributed by atoms with Crippen molar-refractivity contribution in [3.63, 3.8) is 0 Å². The van der Waals surface area contributed by atoms with Gasteiger partial charge in [0.2, 0.25) is 0 Å². The Morgan fingerprint density at radius 3 is 2.56 bits per heavy atom. The highest BCUT2D eigenvalue weighted by Crippen LogP contribution is 2.30. The third-order valence-electron chi connectivity index (χ3n) is 4.27. The van der Waals surface area contributed by atoms with E-state index in [4.69, 9.17) is 9.72 Å². The van der Waals surface area contributed by atoms with Crippen LogP contribution in [0.25, 0.3) is 15.9 Å². The van der Waals surface area contributed by atoms with Gasteiger partial charge in [-0.2, -0.15) is 0 Å². The molecule has 0 spiro atoms. The highest BCUT2D eigenvalue weighted by molar-refractivity contribution is 7.99. The third kappa shape index (κ3) is 3.94. The van der Waals surface area contributed by atoms with E-state index in [9.17, 15) is 9.59 Å². The van der Waals surface area contributed by atoms with Crippen molar-refractivity contribution in [1.29, 1.82) is 0 Å². The number of benzene rings is 1. The lowest BCUT2D eigenvalue weighted by molar-refractivity contribution is -0.139. The number of esters is 1. The molecule has 0 atom stereocenters. The average Bonchev–Trinajstić information content (AvgIpc) is 2.97. The number of carbonyl (C=O) groups is 1. The fraction of sp³-hybridized carbons (Fsp3) is 0.350. The van der Waals surface area contributed by atoms with Crippen molar-refractivity contribution in [2.45, 2.75) is 39.3 Å². The number of nitrogens with zero attached hydrogens (tertiary/aromatic N) is 2. The topological polar surface area (TPSA) is 61.2 Å². The molecule has 0 aliphatic carbocycles. The van der Waals surface area contributed by atoms with Crippen LogP contribution < -0.4 is 5.56 Å². The van der Waals surface area contributed by atoms with Crippen molar-refractivity contribution in [3.8, 4) is 5.69 Å². The number of aromatic nitrogens is 2. The number of thiophene rings is 1. The quantitative estimate of drug-likeness (QED) is 0.350. The number of rotatable bonds is 6. The number of thioether (sulfide) groups is 1. The maximum atomic E-state index is 13.4. The molecular formula is C20H22N2O3S2. The molecule has 0 fully saturated rings. The Labute approximate surface area is 166 Å². The molecule has 3 aromatic rings. The monoisotopic (exact) mass is 402 g/mol. The van der Waals surface area contributed by atoms with E-state index in [1.54, 1.807) is 22.8 Å². The van der Waals surface area contributed by atoms with Crippen LogP contribution in [0.4, 0.5) is 0 Å². The molecule has 2 aromatic heterocycles. The molecule has 1 aromatic carbocycles. The van der Waals surface area contributed by atoms with E-state index in [0.29, 0.717) is 17.1 Å². The van der Waals surface area contributed by atoms with Crippen molar-refractivity contribution in [1.82, 2.24) is 9.55 Å². The molecule has 0 N–H and O–H groups in total. The largest absolute Gasteiger partial charge is 0.465 e. The van der Waals surface area contributed by atoms with E-state index in [1.165, 1.54) is 11.8 Å². The minimum Gasteiger partial charge on any atom is -0.465 e. The fourth-order valence-corrected chi connectivity index (χ4v) is 4.86. The summed E-state index contributed by atoms with van der Waals surface area (Å²) in [7, 11) is 0. The van der Waals surface area contributed by atoms with Gasteiger partial charge >= 0.3 is 5.97 Å². The van der Waals surface area contributed by atoms with Crippen LogP contribution in [-0.4, -0.2) is 27.9 Å². The Bertz CT molecular complexity index is 1040. The van der Waals surface area contributed by atoms with Crippen LogP contribution in [0, 0.1) is 13.8 Å². The first kappa shape index (κ1) is 19.6. The van der Waals surface area contributed by atoms with E-state index < -0.39 is 0 Å². The van der Waals surface area contributed by atoms with Gasteiger partial charge in [-0.15, -0.1) is 11.3 Å². The summed E-state index contributed by atoms with van der Waals surface area (Å²) in [5.41, 5.74) is 2.76. The molecule has 7 heteroatoms. The summed E-state index contributed by atoms with van der Waals surface area (Å²) in [5, 5.41) is 1.17. The fourth-order valence-electron chi connectivity index (χ4n) is 2.89. The van der Waals surface area contributed by atoms with Crippen molar-refractivity contribution < 1.29 is 9.53 Å². The molecule has 0 amide bonds. The molecule has 2 heterocycles. The van der Waals surface area contributed by atoms with Crippen molar-refractivity contribution in [2.75, 3.05) is 12.4 Å². The first-order chi connectivity index (χ1) is 13.0. The van der Waals surface area contributed by atoms with Gasteiger partial charge in [-0.3, -0.25) is 14.2 Å². The molecule has 0 saturated carbocycles. The van der Waals surface area contributed by atoms with Crippen LogP contribution in [0.1, 0.15) is 29.9 Å². The maximum absolute atomic E-state index is 13.4. The van der Waals surface area contributed by atoms with Gasteiger partial charge in [0.05, 0.1) is 23.4 Å². The second-order valence-electron chi connectivity index (χ2n) is 6.15. The number of hydrogen-bond acceptors (Lipinski definition) is 6. The molecular weight excluding hydrogens is 380 g/mol. The van der Waals surface area contributed by atoms with Gasteiger partial charge in [0.1, 0.15) is 4.83 Å². The average molecular weight is 403 g/mol. The third-order valence-corrected chi connectivity index (χ3v) is 6.51. The van der Waals surface area contributed by atoms with E-state index in [0.717, 1.165) is 32.9 Å². The minimum absolute atomic E-state index is 0.0938. The molecule has 142 valence electrons. The zero-order valence-corrected chi connectivity index (χ0v) is 17.5. The summed E-state index contributed by atoms with van der Waals surface area (Å²) in [6.07, 6.45) is 0.863. The Hall–Kier alpha value is -2.12. The number of carbonyl (C=O) groups excluding carboxylic acids is 1. The van der Waals surface area contributed by atoms with Gasteiger partial charge < -0.3 is 4.74 Å². The summed E-state index contributed by atoms with van der Waals surface area (Å²) >= 11 is 2.78. The molecule has 0 bridgehead atoms. The molecule has 0 unspecified atom stereocenters. The smallest absolute Gasteiger partial charge is 0.316 e. The predicted octanol–water partition coefficient (Wildman–Crippen LogP) is 4.28. The van der Waals surface area contributed by atoms with Crippen LogP contribution in [0.5, 0.6) is 0 Å². The van der Waals surface area contributed by atoms with Crippen LogP contribution in [-0.2, 0) is 16.0 Å².